The van der Waals surface area contributed by atoms with Gasteiger partial charge in [0.15, 0.2) is 11.1 Å². The van der Waals surface area contributed by atoms with E-state index in [9.17, 15) is 19.2 Å². The normalized spacial score (nSPS) is 14.2. The number of hydrogen-bond acceptors (Lipinski definition) is 9. The summed E-state index contributed by atoms with van der Waals surface area (Å²) in [6, 6.07) is 0. The standard InChI is InChI=1S/C17H19NO8/c1-5-26-14(20)12-11(13(19)23-2)10-7-17(15(21)24-3,16(22)25-4)6-9(10)8-18-12/h8H,5-7H2,1-4H3. The summed E-state index contributed by atoms with van der Waals surface area (Å²) < 4.78 is 19.2. The van der Waals surface area contributed by atoms with Crippen LogP contribution in [0.4, 0.5) is 0 Å². The molecule has 0 spiro atoms. The number of pyridine rings is 1. The van der Waals surface area contributed by atoms with Gasteiger partial charge in [-0.25, -0.2) is 14.6 Å². The lowest BCUT2D eigenvalue weighted by Crippen LogP contribution is -2.42. The summed E-state index contributed by atoms with van der Waals surface area (Å²) in [7, 11) is 3.46. The molecular formula is C17H19NO8. The predicted octanol–water partition coefficient (Wildman–Crippen LogP) is 0.476. The van der Waals surface area contributed by atoms with Crippen LogP contribution in [0.3, 0.4) is 0 Å². The molecule has 140 valence electrons. The van der Waals surface area contributed by atoms with E-state index in [-0.39, 0.29) is 30.7 Å². The molecule has 0 amide bonds. The Balaban J connectivity index is 2.64. The highest BCUT2D eigenvalue weighted by Crippen LogP contribution is 2.41. The lowest BCUT2D eigenvalue weighted by molar-refractivity contribution is -0.168. The van der Waals surface area contributed by atoms with Crippen molar-refractivity contribution in [3.05, 3.63) is 28.6 Å². The second kappa shape index (κ2) is 7.51. The summed E-state index contributed by atoms with van der Waals surface area (Å²) in [5, 5.41) is 0. The number of nitrogens with zero attached hydrogens (tertiary/aromatic N) is 1. The van der Waals surface area contributed by atoms with Gasteiger partial charge in [0.25, 0.3) is 0 Å². The third-order valence-electron chi connectivity index (χ3n) is 4.26. The fourth-order valence-electron chi connectivity index (χ4n) is 3.07. The maximum absolute atomic E-state index is 12.3. The van der Waals surface area contributed by atoms with Gasteiger partial charge in [-0.2, -0.15) is 0 Å². The average Bonchev–Trinajstić information content (AvgIpc) is 3.06. The number of hydrogen-bond donors (Lipinski definition) is 0. The largest absolute Gasteiger partial charge is 0.468 e. The minimum atomic E-state index is -1.65. The van der Waals surface area contributed by atoms with Crippen molar-refractivity contribution in [2.75, 3.05) is 27.9 Å². The molecule has 1 aromatic rings. The molecule has 0 aliphatic heterocycles. The van der Waals surface area contributed by atoms with Crippen molar-refractivity contribution in [3.63, 3.8) is 0 Å². The SMILES string of the molecule is CCOC(=O)c1ncc2c(c1C(=O)OC)CC(C(=O)OC)(C(=O)OC)C2. The first kappa shape index (κ1) is 19.4. The highest BCUT2D eigenvalue weighted by atomic mass is 16.5. The highest BCUT2D eigenvalue weighted by Gasteiger charge is 2.54. The number of esters is 4. The summed E-state index contributed by atoms with van der Waals surface area (Å²) in [5.74, 6) is -3.21. The average molecular weight is 365 g/mol. The van der Waals surface area contributed by atoms with Crippen LogP contribution in [0.5, 0.6) is 0 Å². The maximum atomic E-state index is 12.3. The van der Waals surface area contributed by atoms with Gasteiger partial charge in [-0.3, -0.25) is 9.59 Å². The lowest BCUT2D eigenvalue weighted by atomic mass is 9.84. The number of ether oxygens (including phenoxy) is 4. The molecule has 0 radical (unpaired) electrons. The Kier molecular flexibility index (Phi) is 5.59. The third kappa shape index (κ3) is 3.00. The van der Waals surface area contributed by atoms with E-state index in [0.29, 0.717) is 11.1 Å². The predicted molar refractivity (Wildman–Crippen MR) is 85.4 cm³/mol. The van der Waals surface area contributed by atoms with Gasteiger partial charge in [-0.15, -0.1) is 0 Å². The molecule has 2 rings (SSSR count). The van der Waals surface area contributed by atoms with Crippen molar-refractivity contribution in [1.82, 2.24) is 4.98 Å². The maximum Gasteiger partial charge on any atom is 0.357 e. The summed E-state index contributed by atoms with van der Waals surface area (Å²) in [6.07, 6.45) is 1.09. The number of carbonyl (C=O) groups is 4. The van der Waals surface area contributed by atoms with Crippen LogP contribution in [-0.2, 0) is 41.4 Å². The molecule has 0 fully saturated rings. The Labute approximate surface area is 149 Å². The smallest absolute Gasteiger partial charge is 0.357 e. The first-order valence-corrected chi connectivity index (χ1v) is 7.79. The summed E-state index contributed by atoms with van der Waals surface area (Å²) >= 11 is 0. The third-order valence-corrected chi connectivity index (χ3v) is 4.26. The van der Waals surface area contributed by atoms with Gasteiger partial charge in [0.1, 0.15) is 0 Å². The minimum Gasteiger partial charge on any atom is -0.468 e. The highest BCUT2D eigenvalue weighted by molar-refractivity contribution is 6.06. The first-order chi connectivity index (χ1) is 12.4. The van der Waals surface area contributed by atoms with Crippen molar-refractivity contribution < 1.29 is 38.1 Å². The van der Waals surface area contributed by atoms with E-state index < -0.39 is 29.3 Å². The molecule has 1 heterocycles. The first-order valence-electron chi connectivity index (χ1n) is 7.79. The van der Waals surface area contributed by atoms with E-state index in [4.69, 9.17) is 18.9 Å². The van der Waals surface area contributed by atoms with Crippen LogP contribution < -0.4 is 0 Å². The van der Waals surface area contributed by atoms with Crippen LogP contribution in [0.2, 0.25) is 0 Å². The molecule has 0 aromatic carbocycles. The van der Waals surface area contributed by atoms with Gasteiger partial charge >= 0.3 is 23.9 Å². The molecule has 0 saturated heterocycles. The van der Waals surface area contributed by atoms with Gasteiger partial charge < -0.3 is 18.9 Å². The number of rotatable bonds is 5. The van der Waals surface area contributed by atoms with Crippen LogP contribution in [0, 0.1) is 5.41 Å². The molecule has 1 aliphatic rings. The van der Waals surface area contributed by atoms with Crippen molar-refractivity contribution >= 4 is 23.9 Å². The lowest BCUT2D eigenvalue weighted by Gasteiger charge is -2.22. The molecule has 0 bridgehead atoms. The number of fused-ring (bicyclic) bond motifs is 1. The fraction of sp³-hybridized carbons (Fsp3) is 0.471. The molecular weight excluding hydrogens is 346 g/mol. The van der Waals surface area contributed by atoms with Crippen LogP contribution >= 0.6 is 0 Å². The fourth-order valence-corrected chi connectivity index (χ4v) is 3.07. The van der Waals surface area contributed by atoms with E-state index >= 15 is 0 Å². The Hall–Kier alpha value is -2.97. The minimum absolute atomic E-state index is 0.0677. The molecule has 9 heteroatoms. The molecule has 26 heavy (non-hydrogen) atoms. The Bertz CT molecular complexity index is 754. The van der Waals surface area contributed by atoms with E-state index in [2.05, 4.69) is 4.98 Å². The van der Waals surface area contributed by atoms with Crippen LogP contribution in [0.15, 0.2) is 6.20 Å². The quantitative estimate of drug-likeness (QED) is 0.417. The summed E-state index contributed by atoms with van der Waals surface area (Å²) in [4.78, 5) is 53.1. The van der Waals surface area contributed by atoms with Crippen molar-refractivity contribution in [1.29, 1.82) is 0 Å². The van der Waals surface area contributed by atoms with Crippen molar-refractivity contribution in [3.8, 4) is 0 Å². The van der Waals surface area contributed by atoms with Gasteiger partial charge in [-0.05, 0) is 18.1 Å². The number of carbonyl (C=O) groups excluding carboxylic acids is 4. The zero-order valence-electron chi connectivity index (χ0n) is 14.9. The molecule has 0 unspecified atom stereocenters. The Morgan fingerprint density at radius 2 is 1.62 bits per heavy atom. The summed E-state index contributed by atoms with van der Waals surface area (Å²) in [5.41, 5.74) is -1.25. The van der Waals surface area contributed by atoms with Gasteiger partial charge in [0.05, 0.1) is 33.5 Å². The van der Waals surface area contributed by atoms with Crippen LogP contribution in [-0.4, -0.2) is 56.8 Å². The molecule has 1 aliphatic carbocycles. The topological polar surface area (TPSA) is 118 Å². The van der Waals surface area contributed by atoms with Crippen LogP contribution in [0.1, 0.15) is 38.9 Å². The second-order valence-corrected chi connectivity index (χ2v) is 5.62. The van der Waals surface area contributed by atoms with Gasteiger partial charge in [-0.1, -0.05) is 0 Å². The zero-order valence-corrected chi connectivity index (χ0v) is 14.9. The van der Waals surface area contributed by atoms with E-state index in [1.807, 2.05) is 0 Å². The molecule has 1 aromatic heterocycles. The monoisotopic (exact) mass is 365 g/mol. The molecule has 0 atom stereocenters. The Morgan fingerprint density at radius 3 is 2.12 bits per heavy atom. The number of aromatic nitrogens is 1. The van der Waals surface area contributed by atoms with Crippen LogP contribution in [0.25, 0.3) is 0 Å². The van der Waals surface area contributed by atoms with E-state index in [1.165, 1.54) is 6.20 Å². The second-order valence-electron chi connectivity index (χ2n) is 5.62. The van der Waals surface area contributed by atoms with Gasteiger partial charge in [0, 0.05) is 19.0 Å². The molecule has 0 N–H and O–H groups in total. The van der Waals surface area contributed by atoms with Crippen molar-refractivity contribution in [2.45, 2.75) is 19.8 Å². The zero-order chi connectivity index (χ0) is 19.5. The Morgan fingerprint density at radius 1 is 1.00 bits per heavy atom. The molecule has 9 nitrogen and oxygen atoms in total. The van der Waals surface area contributed by atoms with Crippen molar-refractivity contribution in [2.24, 2.45) is 5.41 Å². The summed E-state index contributed by atoms with van der Waals surface area (Å²) in [6.45, 7) is 1.70. The molecule has 0 saturated carbocycles. The number of methoxy groups -OCH3 is 3. The van der Waals surface area contributed by atoms with E-state index in [0.717, 1.165) is 21.3 Å². The van der Waals surface area contributed by atoms with Gasteiger partial charge in [0.2, 0.25) is 0 Å². The van der Waals surface area contributed by atoms with E-state index in [1.54, 1.807) is 6.92 Å².